The zero-order valence-corrected chi connectivity index (χ0v) is 18.8. The Morgan fingerprint density at radius 2 is 1.61 bits per heavy atom. The van der Waals surface area contributed by atoms with Crippen LogP contribution in [0.5, 0.6) is 5.75 Å². The number of carbonyl (C=O) groups excluding carboxylic acids is 2. The average molecular weight is 454 g/mol. The van der Waals surface area contributed by atoms with Crippen molar-refractivity contribution < 1.29 is 24.6 Å². The van der Waals surface area contributed by atoms with Crippen LogP contribution in [-0.4, -0.2) is 45.6 Å². The Bertz CT molecular complexity index is 951. The van der Waals surface area contributed by atoms with E-state index in [4.69, 9.17) is 5.11 Å². The maximum Gasteiger partial charge on any atom is 0.322 e. The van der Waals surface area contributed by atoms with Crippen molar-refractivity contribution in [1.82, 2.24) is 10.2 Å². The molecule has 0 radical (unpaired) electrons. The number of amides is 3. The molecule has 4 N–H and O–H groups in total. The third-order valence-electron chi connectivity index (χ3n) is 6.00. The highest BCUT2D eigenvalue weighted by Gasteiger charge is 2.28. The second kappa shape index (κ2) is 11.4. The van der Waals surface area contributed by atoms with Gasteiger partial charge in [-0.1, -0.05) is 19.1 Å². The van der Waals surface area contributed by atoms with Gasteiger partial charge in [-0.05, 0) is 73.6 Å². The number of carbonyl (C=O) groups is 3. The number of phenols is 1. The Balaban J connectivity index is 1.68. The number of anilines is 1. The van der Waals surface area contributed by atoms with Crippen LogP contribution in [0.2, 0.25) is 0 Å². The quantitative estimate of drug-likeness (QED) is 0.447. The molecule has 0 spiro atoms. The Labute approximate surface area is 193 Å². The maximum atomic E-state index is 13.2. The van der Waals surface area contributed by atoms with Crippen LogP contribution in [0.4, 0.5) is 10.5 Å². The second-order valence-electron chi connectivity index (χ2n) is 8.62. The van der Waals surface area contributed by atoms with Gasteiger partial charge in [0.2, 0.25) is 0 Å². The molecule has 1 fully saturated rings. The minimum absolute atomic E-state index is 0.0707. The first-order valence-electron chi connectivity index (χ1n) is 11.3. The first-order valence-corrected chi connectivity index (χ1v) is 11.3. The monoisotopic (exact) mass is 453 g/mol. The van der Waals surface area contributed by atoms with Crippen LogP contribution in [0, 0.1) is 5.92 Å². The molecule has 3 amide bonds. The average Bonchev–Trinajstić information content (AvgIpc) is 2.80. The van der Waals surface area contributed by atoms with Crippen LogP contribution < -0.4 is 10.6 Å². The number of aliphatic carboxylic acids is 1. The lowest BCUT2D eigenvalue weighted by Crippen LogP contribution is -2.44. The molecule has 0 atom stereocenters. The Kier molecular flexibility index (Phi) is 8.29. The van der Waals surface area contributed by atoms with E-state index >= 15 is 0 Å². The van der Waals surface area contributed by atoms with E-state index in [0.717, 1.165) is 31.2 Å². The molecule has 2 aromatic carbocycles. The van der Waals surface area contributed by atoms with Crippen LogP contribution in [0.1, 0.15) is 54.9 Å². The zero-order chi connectivity index (χ0) is 23.8. The smallest absolute Gasteiger partial charge is 0.322 e. The van der Waals surface area contributed by atoms with Crippen molar-refractivity contribution in [3.8, 4) is 5.75 Å². The van der Waals surface area contributed by atoms with Crippen LogP contribution in [0.25, 0.3) is 0 Å². The van der Waals surface area contributed by atoms with Crippen LogP contribution >= 0.6 is 0 Å². The van der Waals surface area contributed by atoms with E-state index < -0.39 is 5.97 Å². The third-order valence-corrected chi connectivity index (χ3v) is 6.00. The van der Waals surface area contributed by atoms with Crippen LogP contribution in [0.15, 0.2) is 48.5 Å². The summed E-state index contributed by atoms with van der Waals surface area (Å²) >= 11 is 0. The number of hydrogen-bond donors (Lipinski definition) is 4. The summed E-state index contributed by atoms with van der Waals surface area (Å²) in [5.74, 6) is -0.500. The molecule has 0 heterocycles. The number of nitrogens with one attached hydrogen (secondary N) is 2. The molecule has 1 aliphatic rings. The van der Waals surface area contributed by atoms with Gasteiger partial charge in [-0.15, -0.1) is 0 Å². The van der Waals surface area contributed by atoms with Gasteiger partial charge in [0, 0.05) is 30.4 Å². The van der Waals surface area contributed by atoms with Crippen LogP contribution in [0.3, 0.4) is 0 Å². The van der Waals surface area contributed by atoms with Gasteiger partial charge in [0.05, 0.1) is 6.42 Å². The second-order valence-corrected chi connectivity index (χ2v) is 8.62. The van der Waals surface area contributed by atoms with Crippen molar-refractivity contribution in [2.45, 2.75) is 51.6 Å². The molecule has 0 aliphatic heterocycles. The summed E-state index contributed by atoms with van der Waals surface area (Å²) < 4.78 is 0. The summed E-state index contributed by atoms with van der Waals surface area (Å²) in [6, 6.07) is 13.3. The molecule has 3 rings (SSSR count). The first kappa shape index (κ1) is 24.1. The fourth-order valence-electron chi connectivity index (χ4n) is 4.00. The molecular formula is C25H31N3O5. The molecule has 1 aliphatic carbocycles. The molecule has 8 heteroatoms. The molecule has 1 saturated carbocycles. The van der Waals surface area contributed by atoms with E-state index in [-0.39, 0.29) is 36.7 Å². The highest BCUT2D eigenvalue weighted by atomic mass is 16.4. The summed E-state index contributed by atoms with van der Waals surface area (Å²) in [4.78, 5) is 37.8. The predicted molar refractivity (Wildman–Crippen MR) is 125 cm³/mol. The number of hydrogen-bond acceptors (Lipinski definition) is 4. The van der Waals surface area contributed by atoms with Crippen LogP contribution in [-0.2, 0) is 11.3 Å². The molecule has 2 aromatic rings. The summed E-state index contributed by atoms with van der Waals surface area (Å²) in [6.07, 6.45) is 3.89. The van der Waals surface area contributed by atoms with E-state index in [9.17, 15) is 19.5 Å². The number of phenolic OH excluding ortho intramolecular Hbond substituents is 1. The molecule has 0 unspecified atom stereocenters. The van der Waals surface area contributed by atoms with Gasteiger partial charge in [-0.25, -0.2) is 4.79 Å². The van der Waals surface area contributed by atoms with Crippen molar-refractivity contribution in [3.05, 3.63) is 59.7 Å². The van der Waals surface area contributed by atoms with Crippen molar-refractivity contribution in [2.75, 3.05) is 11.9 Å². The third kappa shape index (κ3) is 7.24. The molecule has 176 valence electrons. The number of carboxylic acid groups (broad SMARTS) is 1. The van der Waals surface area contributed by atoms with Gasteiger partial charge in [-0.2, -0.15) is 0 Å². The molecule has 8 nitrogen and oxygen atoms in total. The Morgan fingerprint density at radius 3 is 2.21 bits per heavy atom. The van der Waals surface area contributed by atoms with Crippen molar-refractivity contribution in [1.29, 1.82) is 0 Å². The van der Waals surface area contributed by atoms with Crippen molar-refractivity contribution >= 4 is 23.6 Å². The lowest BCUT2D eigenvalue weighted by atomic mass is 9.86. The van der Waals surface area contributed by atoms with Gasteiger partial charge < -0.3 is 25.7 Å². The standard InChI is InChI=1S/C25H31N3O5/c1-17-2-10-21(11-3-17)28(25(33)27-20-8-12-22(29)13-9-20)16-18-4-6-19(7-5-18)24(32)26-15-14-23(30)31/h4-9,12-13,17,21,29H,2-3,10-11,14-16H2,1H3,(H,26,32)(H,27,33)(H,30,31). The highest BCUT2D eigenvalue weighted by molar-refractivity contribution is 5.94. The van der Waals surface area contributed by atoms with Gasteiger partial charge in [0.25, 0.3) is 5.91 Å². The number of urea groups is 1. The fourth-order valence-corrected chi connectivity index (χ4v) is 4.00. The lowest BCUT2D eigenvalue weighted by molar-refractivity contribution is -0.136. The number of rotatable bonds is 8. The SMILES string of the molecule is CC1CCC(N(Cc2ccc(C(=O)NCCC(=O)O)cc2)C(=O)Nc2ccc(O)cc2)CC1. The molecule has 0 saturated heterocycles. The van der Waals surface area contributed by atoms with Crippen molar-refractivity contribution in [3.63, 3.8) is 0 Å². The van der Waals surface area contributed by atoms with Gasteiger partial charge in [-0.3, -0.25) is 9.59 Å². The summed E-state index contributed by atoms with van der Waals surface area (Å²) in [5, 5.41) is 23.7. The minimum Gasteiger partial charge on any atom is -0.508 e. The Morgan fingerprint density at radius 1 is 0.970 bits per heavy atom. The first-order chi connectivity index (χ1) is 15.8. The normalized spacial score (nSPS) is 17.7. The molecule has 0 aromatic heterocycles. The fraction of sp³-hybridized carbons (Fsp3) is 0.400. The number of aromatic hydroxyl groups is 1. The molecule has 33 heavy (non-hydrogen) atoms. The lowest BCUT2D eigenvalue weighted by Gasteiger charge is -2.36. The zero-order valence-electron chi connectivity index (χ0n) is 18.8. The van der Waals surface area contributed by atoms with Gasteiger partial charge in [0.1, 0.15) is 5.75 Å². The summed E-state index contributed by atoms with van der Waals surface area (Å²) in [5.41, 5.74) is 1.95. The topological polar surface area (TPSA) is 119 Å². The van der Waals surface area contributed by atoms with E-state index in [1.807, 2.05) is 17.0 Å². The van der Waals surface area contributed by atoms with Crippen molar-refractivity contribution in [2.24, 2.45) is 5.92 Å². The largest absolute Gasteiger partial charge is 0.508 e. The van der Waals surface area contributed by atoms with E-state index in [1.165, 1.54) is 12.1 Å². The van der Waals surface area contributed by atoms with E-state index in [2.05, 4.69) is 17.6 Å². The number of carboxylic acids is 1. The number of benzene rings is 2. The Hall–Kier alpha value is -3.55. The van der Waals surface area contributed by atoms with E-state index in [0.29, 0.717) is 23.7 Å². The minimum atomic E-state index is -0.964. The van der Waals surface area contributed by atoms with E-state index in [1.54, 1.807) is 24.3 Å². The summed E-state index contributed by atoms with van der Waals surface area (Å²) in [7, 11) is 0. The molecular weight excluding hydrogens is 422 g/mol. The molecule has 0 bridgehead atoms. The summed E-state index contributed by atoms with van der Waals surface area (Å²) in [6.45, 7) is 2.71. The predicted octanol–water partition coefficient (Wildman–Crippen LogP) is 4.21. The van der Waals surface area contributed by atoms with Gasteiger partial charge >= 0.3 is 12.0 Å². The highest BCUT2D eigenvalue weighted by Crippen LogP contribution is 2.29. The van der Waals surface area contributed by atoms with Gasteiger partial charge in [0.15, 0.2) is 0 Å². The number of nitrogens with zero attached hydrogens (tertiary/aromatic N) is 1. The maximum absolute atomic E-state index is 13.2.